The minimum absolute atomic E-state index is 0.0187. The van der Waals surface area contributed by atoms with Crippen LogP contribution in [0.4, 0.5) is 0 Å². The summed E-state index contributed by atoms with van der Waals surface area (Å²) in [6.45, 7) is 9.85. The van der Waals surface area contributed by atoms with Crippen LogP contribution in [-0.2, 0) is 19.2 Å². The molecule has 0 saturated carbocycles. The van der Waals surface area contributed by atoms with E-state index in [4.69, 9.17) is 11.5 Å². The predicted molar refractivity (Wildman–Crippen MR) is 118 cm³/mol. The molecule has 0 aromatic carbocycles. The number of primary amides is 1. The Morgan fingerprint density at radius 1 is 1.24 bits per heavy atom. The van der Waals surface area contributed by atoms with Crippen molar-refractivity contribution in [2.24, 2.45) is 23.3 Å². The lowest BCUT2D eigenvalue weighted by molar-refractivity contribution is -0.147. The Hall–Kier alpha value is -1.26. The highest BCUT2D eigenvalue weighted by Gasteiger charge is 2.46. The number of amides is 4. The molecular weight excluding hydrogens is 412 g/mol. The van der Waals surface area contributed by atoms with Gasteiger partial charge in [0.05, 0.1) is 5.92 Å². The molecule has 0 radical (unpaired) electrons. The summed E-state index contributed by atoms with van der Waals surface area (Å²) in [4.78, 5) is 50.9. The number of imide groups is 1. The summed E-state index contributed by atoms with van der Waals surface area (Å²) < 4.78 is -0.0187. The Bertz CT molecular complexity index is 620. The Morgan fingerprint density at radius 2 is 1.83 bits per heavy atom. The molecule has 3 atom stereocenters. The summed E-state index contributed by atoms with van der Waals surface area (Å²) in [5, 5.41) is 2.57. The van der Waals surface area contributed by atoms with E-state index in [2.05, 4.69) is 5.32 Å². The molecule has 0 spiro atoms. The van der Waals surface area contributed by atoms with E-state index in [0.717, 1.165) is 17.7 Å². The van der Waals surface area contributed by atoms with Crippen molar-refractivity contribution < 1.29 is 19.2 Å². The Labute approximate surface area is 181 Å². The first kappa shape index (κ1) is 25.8. The molecule has 8 nitrogen and oxygen atoms in total. The highest BCUT2D eigenvalue weighted by Crippen LogP contribution is 2.35. The van der Waals surface area contributed by atoms with E-state index in [1.165, 1.54) is 10.8 Å². The number of rotatable bonds is 11. The third-order valence-electron chi connectivity index (χ3n) is 4.88. The highest BCUT2D eigenvalue weighted by molar-refractivity contribution is 8.77. The van der Waals surface area contributed by atoms with Gasteiger partial charge in [-0.05, 0) is 5.92 Å². The molecule has 1 fully saturated rings. The van der Waals surface area contributed by atoms with Crippen LogP contribution < -0.4 is 16.8 Å². The molecule has 4 amide bonds. The normalized spacial score (nSPS) is 19.6. The molecule has 0 aliphatic carbocycles. The van der Waals surface area contributed by atoms with E-state index in [1.807, 2.05) is 34.6 Å². The average Bonchev–Trinajstić information content (AvgIpc) is 2.90. The second-order valence-corrected chi connectivity index (χ2v) is 11.4. The van der Waals surface area contributed by atoms with E-state index >= 15 is 0 Å². The number of carbonyl (C=O) groups is 4. The first-order chi connectivity index (χ1) is 13.5. The maximum atomic E-state index is 12.9. The summed E-state index contributed by atoms with van der Waals surface area (Å²) in [7, 11) is 2.99. The number of hydrogen-bond donors (Lipinski definition) is 3. The van der Waals surface area contributed by atoms with Crippen molar-refractivity contribution in [1.29, 1.82) is 0 Å². The summed E-state index contributed by atoms with van der Waals surface area (Å²) in [6.07, 6.45) is 1.64. The van der Waals surface area contributed by atoms with E-state index in [1.54, 1.807) is 10.8 Å². The summed E-state index contributed by atoms with van der Waals surface area (Å²) in [5.74, 6) is -2.13. The van der Waals surface area contributed by atoms with Gasteiger partial charge in [0.25, 0.3) is 0 Å². The molecule has 5 N–H and O–H groups in total. The number of likely N-dealkylation sites (tertiary alicyclic amines) is 1. The van der Waals surface area contributed by atoms with Gasteiger partial charge < -0.3 is 16.8 Å². The molecule has 10 heteroatoms. The monoisotopic (exact) mass is 446 g/mol. The molecule has 0 bridgehead atoms. The Morgan fingerprint density at radius 3 is 2.28 bits per heavy atom. The predicted octanol–water partition coefficient (Wildman–Crippen LogP) is 1.28. The molecule has 0 aromatic rings. The second kappa shape index (κ2) is 11.2. The van der Waals surface area contributed by atoms with Crippen LogP contribution in [0.25, 0.3) is 0 Å². The molecule has 1 rings (SSSR count). The molecule has 166 valence electrons. The fourth-order valence-electron chi connectivity index (χ4n) is 3.30. The van der Waals surface area contributed by atoms with E-state index in [0.29, 0.717) is 0 Å². The van der Waals surface area contributed by atoms with Crippen molar-refractivity contribution in [3.8, 4) is 0 Å². The number of carbonyl (C=O) groups excluding carboxylic acids is 4. The number of nitrogens with two attached hydrogens (primary N) is 2. The maximum absolute atomic E-state index is 12.9. The van der Waals surface area contributed by atoms with Gasteiger partial charge in [-0.3, -0.25) is 24.1 Å². The molecule has 0 aromatic heterocycles. The van der Waals surface area contributed by atoms with Crippen molar-refractivity contribution in [3.05, 3.63) is 0 Å². The lowest BCUT2D eigenvalue weighted by Crippen LogP contribution is -2.57. The lowest BCUT2D eigenvalue weighted by Gasteiger charge is -2.27. The molecule has 1 saturated heterocycles. The van der Waals surface area contributed by atoms with Crippen molar-refractivity contribution in [2.75, 3.05) is 12.3 Å². The van der Waals surface area contributed by atoms with Crippen molar-refractivity contribution in [1.82, 2.24) is 10.2 Å². The quantitative estimate of drug-likeness (QED) is 0.321. The van der Waals surface area contributed by atoms with Gasteiger partial charge in [-0.1, -0.05) is 69.0 Å². The van der Waals surface area contributed by atoms with Gasteiger partial charge in [-0.2, -0.15) is 0 Å². The molecule has 29 heavy (non-hydrogen) atoms. The third kappa shape index (κ3) is 7.18. The van der Waals surface area contributed by atoms with Gasteiger partial charge in [0, 0.05) is 23.5 Å². The number of hydrogen-bond acceptors (Lipinski definition) is 7. The van der Waals surface area contributed by atoms with Crippen LogP contribution in [0, 0.1) is 11.8 Å². The Balaban J connectivity index is 2.87. The Kier molecular flexibility index (Phi) is 9.97. The van der Waals surface area contributed by atoms with Crippen LogP contribution in [0.2, 0.25) is 0 Å². The lowest BCUT2D eigenvalue weighted by atomic mass is 9.86. The van der Waals surface area contributed by atoms with Crippen LogP contribution in [0.1, 0.15) is 53.9 Å². The van der Waals surface area contributed by atoms with Crippen molar-refractivity contribution >= 4 is 45.2 Å². The van der Waals surface area contributed by atoms with Gasteiger partial charge in [0.15, 0.2) is 0 Å². The van der Waals surface area contributed by atoms with E-state index in [-0.39, 0.29) is 35.3 Å². The van der Waals surface area contributed by atoms with Gasteiger partial charge in [-0.25, -0.2) is 0 Å². The van der Waals surface area contributed by atoms with Crippen molar-refractivity contribution in [2.45, 2.75) is 70.7 Å². The van der Waals surface area contributed by atoms with Crippen LogP contribution >= 0.6 is 21.6 Å². The topological polar surface area (TPSA) is 136 Å². The van der Waals surface area contributed by atoms with Crippen LogP contribution in [0.15, 0.2) is 0 Å². The van der Waals surface area contributed by atoms with Crippen LogP contribution in [-0.4, -0.2) is 57.7 Å². The number of nitrogens with one attached hydrogen (secondary N) is 1. The SMILES string of the molecule is CCC(CC)C1CC(=O)N(C(CN)C(=O)NC(CSSC(C)(C)C)C(N)=O)C1=O. The third-order valence-corrected chi connectivity index (χ3v) is 8.23. The van der Waals surface area contributed by atoms with Crippen molar-refractivity contribution in [3.63, 3.8) is 0 Å². The standard InChI is InChI=1S/C19H34N4O4S2/c1-6-11(7-2)12-8-15(24)23(18(12)27)14(9-20)17(26)22-13(16(21)25)10-28-29-19(3,4)5/h11-14H,6-10,20H2,1-5H3,(H2,21,25)(H,22,26). The molecule has 3 unspecified atom stereocenters. The smallest absolute Gasteiger partial charge is 0.245 e. The fraction of sp³-hybridized carbons (Fsp3) is 0.789. The average molecular weight is 447 g/mol. The molecule has 1 heterocycles. The van der Waals surface area contributed by atoms with Gasteiger partial charge in [-0.15, -0.1) is 0 Å². The van der Waals surface area contributed by atoms with Crippen LogP contribution in [0.5, 0.6) is 0 Å². The second-order valence-electron chi connectivity index (χ2n) is 8.18. The largest absolute Gasteiger partial charge is 0.368 e. The summed E-state index contributed by atoms with van der Waals surface area (Å²) in [6, 6.07) is -2.06. The minimum Gasteiger partial charge on any atom is -0.368 e. The zero-order valence-corrected chi connectivity index (χ0v) is 19.5. The molecular formula is C19H34N4O4S2. The zero-order chi connectivity index (χ0) is 22.4. The van der Waals surface area contributed by atoms with E-state index in [9.17, 15) is 19.2 Å². The van der Waals surface area contributed by atoms with E-state index < -0.39 is 35.7 Å². The summed E-state index contributed by atoms with van der Waals surface area (Å²) >= 11 is 0. The van der Waals surface area contributed by atoms with Gasteiger partial charge in [0.1, 0.15) is 12.1 Å². The highest BCUT2D eigenvalue weighted by atomic mass is 33.1. The summed E-state index contributed by atoms with van der Waals surface area (Å²) in [5.41, 5.74) is 11.2. The first-order valence-corrected chi connectivity index (χ1v) is 12.2. The maximum Gasteiger partial charge on any atom is 0.245 e. The zero-order valence-electron chi connectivity index (χ0n) is 17.9. The first-order valence-electron chi connectivity index (χ1n) is 9.93. The van der Waals surface area contributed by atoms with Gasteiger partial charge >= 0.3 is 0 Å². The molecule has 1 aliphatic heterocycles. The van der Waals surface area contributed by atoms with Crippen LogP contribution in [0.3, 0.4) is 0 Å². The minimum atomic E-state index is -1.14. The number of nitrogens with zero attached hydrogens (tertiary/aromatic N) is 1. The van der Waals surface area contributed by atoms with Gasteiger partial charge in [0.2, 0.25) is 23.6 Å². The molecule has 1 aliphatic rings. The fourth-order valence-corrected chi connectivity index (χ4v) is 5.78.